The molecule has 0 radical (unpaired) electrons. The van der Waals surface area contributed by atoms with Crippen LogP contribution in [0.4, 0.5) is 0 Å². The van der Waals surface area contributed by atoms with E-state index in [9.17, 15) is 5.11 Å². The van der Waals surface area contributed by atoms with Crippen LogP contribution in [0, 0.1) is 6.92 Å². The topological polar surface area (TPSA) is 45.2 Å². The van der Waals surface area contributed by atoms with E-state index in [1.54, 1.807) is 11.3 Å². The lowest BCUT2D eigenvalue weighted by Gasteiger charge is -2.27. The van der Waals surface area contributed by atoms with Crippen LogP contribution >= 0.6 is 11.3 Å². The Hall–Kier alpha value is -0.450. The molecule has 2 atom stereocenters. The zero-order valence-electron chi connectivity index (χ0n) is 7.66. The molecule has 72 valence electrons. The molecule has 1 aliphatic rings. The monoisotopic (exact) mass is 198 g/mol. The SMILES string of the molecule is Cc1ncc(C2NCCCC2O)s1. The second-order valence-electron chi connectivity index (χ2n) is 3.42. The summed E-state index contributed by atoms with van der Waals surface area (Å²) in [7, 11) is 0. The van der Waals surface area contributed by atoms with Crippen molar-refractivity contribution in [3.05, 3.63) is 16.1 Å². The van der Waals surface area contributed by atoms with Gasteiger partial charge in [-0.15, -0.1) is 11.3 Å². The van der Waals surface area contributed by atoms with Gasteiger partial charge in [0.15, 0.2) is 0 Å². The van der Waals surface area contributed by atoms with Gasteiger partial charge < -0.3 is 10.4 Å². The molecule has 1 aromatic rings. The number of aliphatic hydroxyl groups is 1. The summed E-state index contributed by atoms with van der Waals surface area (Å²) in [6.45, 7) is 2.99. The van der Waals surface area contributed by atoms with E-state index in [0.717, 1.165) is 29.3 Å². The maximum absolute atomic E-state index is 9.75. The number of aryl methyl sites for hydroxylation is 1. The fourth-order valence-electron chi connectivity index (χ4n) is 1.68. The van der Waals surface area contributed by atoms with Crippen LogP contribution in [0.1, 0.15) is 28.8 Å². The van der Waals surface area contributed by atoms with Crippen molar-refractivity contribution in [3.63, 3.8) is 0 Å². The summed E-state index contributed by atoms with van der Waals surface area (Å²) >= 11 is 1.66. The van der Waals surface area contributed by atoms with Gasteiger partial charge in [0, 0.05) is 11.1 Å². The number of hydrogen-bond acceptors (Lipinski definition) is 4. The van der Waals surface area contributed by atoms with Crippen LogP contribution in [0.25, 0.3) is 0 Å². The van der Waals surface area contributed by atoms with E-state index in [0.29, 0.717) is 0 Å². The number of aromatic nitrogens is 1. The minimum Gasteiger partial charge on any atom is -0.391 e. The molecule has 1 fully saturated rings. The van der Waals surface area contributed by atoms with Crippen LogP contribution in [0.5, 0.6) is 0 Å². The molecule has 2 rings (SSSR count). The predicted octanol–water partition coefficient (Wildman–Crippen LogP) is 1.24. The van der Waals surface area contributed by atoms with Crippen LogP contribution in [0.15, 0.2) is 6.20 Å². The summed E-state index contributed by atoms with van der Waals surface area (Å²) in [4.78, 5) is 5.35. The van der Waals surface area contributed by atoms with Crippen molar-refractivity contribution in [1.82, 2.24) is 10.3 Å². The third kappa shape index (κ3) is 1.90. The minimum atomic E-state index is -0.242. The molecule has 1 saturated heterocycles. The molecule has 2 N–H and O–H groups in total. The quantitative estimate of drug-likeness (QED) is 0.713. The van der Waals surface area contributed by atoms with Crippen molar-refractivity contribution in [2.45, 2.75) is 31.9 Å². The van der Waals surface area contributed by atoms with E-state index in [-0.39, 0.29) is 12.1 Å². The maximum atomic E-state index is 9.75. The Bertz CT molecular complexity index is 287. The third-order valence-electron chi connectivity index (χ3n) is 2.37. The van der Waals surface area contributed by atoms with Gasteiger partial charge in [0.05, 0.1) is 17.2 Å². The maximum Gasteiger partial charge on any atom is 0.0897 e. The molecule has 0 amide bonds. The van der Waals surface area contributed by atoms with Crippen molar-refractivity contribution in [3.8, 4) is 0 Å². The predicted molar refractivity (Wildman–Crippen MR) is 52.8 cm³/mol. The fraction of sp³-hybridized carbons (Fsp3) is 0.667. The van der Waals surface area contributed by atoms with E-state index >= 15 is 0 Å². The number of nitrogens with one attached hydrogen (secondary N) is 1. The van der Waals surface area contributed by atoms with Gasteiger partial charge in [-0.1, -0.05) is 0 Å². The standard InChI is InChI=1S/C9H14N2OS/c1-6-11-5-8(13-6)9-7(12)3-2-4-10-9/h5,7,9-10,12H,2-4H2,1H3. The van der Waals surface area contributed by atoms with Gasteiger partial charge in [-0.2, -0.15) is 0 Å². The fourth-order valence-corrected chi connectivity index (χ4v) is 2.60. The van der Waals surface area contributed by atoms with E-state index in [1.807, 2.05) is 13.1 Å². The minimum absolute atomic E-state index is 0.111. The van der Waals surface area contributed by atoms with Crippen molar-refractivity contribution in [2.75, 3.05) is 6.54 Å². The third-order valence-corrected chi connectivity index (χ3v) is 3.37. The van der Waals surface area contributed by atoms with Gasteiger partial charge >= 0.3 is 0 Å². The van der Waals surface area contributed by atoms with E-state index < -0.39 is 0 Å². The molecule has 13 heavy (non-hydrogen) atoms. The summed E-state index contributed by atoms with van der Waals surface area (Å²) < 4.78 is 0. The molecule has 1 aromatic heterocycles. The van der Waals surface area contributed by atoms with Crippen molar-refractivity contribution in [1.29, 1.82) is 0 Å². The first kappa shape index (κ1) is 9.12. The van der Waals surface area contributed by atoms with Crippen LogP contribution in [-0.2, 0) is 0 Å². The van der Waals surface area contributed by atoms with Gasteiger partial charge in [-0.3, -0.25) is 0 Å². The average Bonchev–Trinajstić information content (AvgIpc) is 2.53. The molecule has 0 aliphatic carbocycles. The van der Waals surface area contributed by atoms with Gasteiger partial charge in [0.2, 0.25) is 0 Å². The van der Waals surface area contributed by atoms with Crippen molar-refractivity contribution in [2.24, 2.45) is 0 Å². The molecule has 0 aromatic carbocycles. The molecule has 2 unspecified atom stereocenters. The van der Waals surface area contributed by atoms with E-state index in [4.69, 9.17) is 0 Å². The molecular formula is C9H14N2OS. The largest absolute Gasteiger partial charge is 0.391 e. The Labute approximate surface area is 81.8 Å². The van der Waals surface area contributed by atoms with Crippen LogP contribution in [-0.4, -0.2) is 22.7 Å². The lowest BCUT2D eigenvalue weighted by Crippen LogP contribution is -2.37. The second-order valence-corrected chi connectivity index (χ2v) is 4.69. The smallest absolute Gasteiger partial charge is 0.0897 e. The molecule has 3 nitrogen and oxygen atoms in total. The summed E-state index contributed by atoms with van der Waals surface area (Å²) in [5.74, 6) is 0. The Morgan fingerprint density at radius 3 is 3.15 bits per heavy atom. The number of aliphatic hydroxyl groups excluding tert-OH is 1. The molecular weight excluding hydrogens is 184 g/mol. The van der Waals surface area contributed by atoms with Gasteiger partial charge in [0.25, 0.3) is 0 Å². The van der Waals surface area contributed by atoms with Crippen LogP contribution in [0.3, 0.4) is 0 Å². The Morgan fingerprint density at radius 2 is 2.54 bits per heavy atom. The van der Waals surface area contributed by atoms with Crippen LogP contribution in [0.2, 0.25) is 0 Å². The first-order valence-electron chi connectivity index (χ1n) is 4.61. The Kier molecular flexibility index (Phi) is 2.62. The summed E-state index contributed by atoms with van der Waals surface area (Å²) in [6.07, 6.45) is 3.59. The molecule has 0 spiro atoms. The van der Waals surface area contributed by atoms with E-state index in [1.165, 1.54) is 0 Å². The number of nitrogens with zero attached hydrogens (tertiary/aromatic N) is 1. The molecule has 0 saturated carbocycles. The highest BCUT2D eigenvalue weighted by atomic mass is 32.1. The molecule has 2 heterocycles. The summed E-state index contributed by atoms with van der Waals surface area (Å²) in [6, 6.07) is 0.111. The lowest BCUT2D eigenvalue weighted by atomic mass is 10.0. The number of rotatable bonds is 1. The summed E-state index contributed by atoms with van der Waals surface area (Å²) in [5, 5.41) is 14.1. The van der Waals surface area contributed by atoms with Crippen molar-refractivity contribution >= 4 is 11.3 Å². The lowest BCUT2D eigenvalue weighted by molar-refractivity contribution is 0.0979. The average molecular weight is 198 g/mol. The number of thiazole rings is 1. The zero-order valence-corrected chi connectivity index (χ0v) is 8.47. The van der Waals surface area contributed by atoms with Gasteiger partial charge in [-0.05, 0) is 26.3 Å². The zero-order chi connectivity index (χ0) is 9.26. The van der Waals surface area contributed by atoms with E-state index in [2.05, 4.69) is 10.3 Å². The number of hydrogen-bond donors (Lipinski definition) is 2. The highest BCUT2D eigenvalue weighted by Crippen LogP contribution is 2.27. The van der Waals surface area contributed by atoms with Crippen molar-refractivity contribution < 1.29 is 5.11 Å². The van der Waals surface area contributed by atoms with Crippen LogP contribution < -0.4 is 5.32 Å². The number of piperidine rings is 1. The first-order chi connectivity index (χ1) is 6.27. The normalized spacial score (nSPS) is 29.1. The van der Waals surface area contributed by atoms with Gasteiger partial charge in [-0.25, -0.2) is 4.98 Å². The second kappa shape index (κ2) is 3.74. The summed E-state index contributed by atoms with van der Waals surface area (Å²) in [5.41, 5.74) is 0. The Morgan fingerprint density at radius 1 is 1.69 bits per heavy atom. The molecule has 4 heteroatoms. The van der Waals surface area contributed by atoms with Gasteiger partial charge in [0.1, 0.15) is 0 Å². The molecule has 0 bridgehead atoms. The highest BCUT2D eigenvalue weighted by molar-refractivity contribution is 7.11. The molecule has 1 aliphatic heterocycles. The first-order valence-corrected chi connectivity index (χ1v) is 5.43. The Balaban J connectivity index is 2.14. The highest BCUT2D eigenvalue weighted by Gasteiger charge is 2.25.